The molecule has 0 aliphatic carbocycles. The van der Waals surface area contributed by atoms with Crippen LogP contribution >= 0.6 is 11.6 Å². The van der Waals surface area contributed by atoms with Crippen molar-refractivity contribution in [2.24, 2.45) is 0 Å². The molecule has 7 nitrogen and oxygen atoms in total. The molecule has 3 aromatic carbocycles. The van der Waals surface area contributed by atoms with Crippen molar-refractivity contribution >= 4 is 39.7 Å². The Labute approximate surface area is 158 Å². The van der Waals surface area contributed by atoms with Gasteiger partial charge in [0.2, 0.25) is 0 Å². The SMILES string of the molecule is C[C@H](Nc1c(Nc2cc3nc[nH]c3cc2Cl)c(=O)c1=O)c1cccc(O)c1. The number of nitrogens with one attached hydrogen (secondary N) is 3. The third kappa shape index (κ3) is 3.02. The van der Waals surface area contributed by atoms with E-state index in [9.17, 15) is 14.7 Å². The van der Waals surface area contributed by atoms with E-state index in [4.69, 9.17) is 11.6 Å². The predicted molar refractivity (Wildman–Crippen MR) is 106 cm³/mol. The van der Waals surface area contributed by atoms with E-state index in [1.807, 2.05) is 13.0 Å². The number of hydrogen-bond donors (Lipinski definition) is 4. The first-order valence-electron chi connectivity index (χ1n) is 8.22. The molecule has 136 valence electrons. The molecule has 4 aromatic rings. The van der Waals surface area contributed by atoms with Crippen molar-refractivity contribution in [1.29, 1.82) is 0 Å². The smallest absolute Gasteiger partial charge is 0.253 e. The van der Waals surface area contributed by atoms with Gasteiger partial charge in [-0.3, -0.25) is 9.59 Å². The Morgan fingerprint density at radius 1 is 1.15 bits per heavy atom. The summed E-state index contributed by atoms with van der Waals surface area (Å²) in [6, 6.07) is 9.80. The van der Waals surface area contributed by atoms with E-state index in [1.54, 1.807) is 36.7 Å². The zero-order valence-corrected chi connectivity index (χ0v) is 15.0. The van der Waals surface area contributed by atoms with Gasteiger partial charge in [0, 0.05) is 6.04 Å². The largest absolute Gasteiger partial charge is 0.508 e. The summed E-state index contributed by atoms with van der Waals surface area (Å²) in [4.78, 5) is 31.2. The number of fused-ring (bicyclic) bond motifs is 1. The molecule has 0 bridgehead atoms. The summed E-state index contributed by atoms with van der Waals surface area (Å²) in [5.41, 5.74) is 1.86. The number of H-pyrrole nitrogens is 1. The second-order valence-electron chi connectivity index (χ2n) is 6.25. The Kier molecular flexibility index (Phi) is 4.08. The zero-order chi connectivity index (χ0) is 19.1. The Hall–Kier alpha value is -3.32. The van der Waals surface area contributed by atoms with Gasteiger partial charge in [-0.1, -0.05) is 23.7 Å². The van der Waals surface area contributed by atoms with E-state index in [0.29, 0.717) is 16.2 Å². The lowest BCUT2D eigenvalue weighted by molar-refractivity contribution is 0.474. The van der Waals surface area contributed by atoms with Gasteiger partial charge in [0.05, 0.1) is 28.1 Å². The molecule has 0 saturated carbocycles. The van der Waals surface area contributed by atoms with E-state index >= 15 is 0 Å². The van der Waals surface area contributed by atoms with Crippen LogP contribution in [0.1, 0.15) is 18.5 Å². The van der Waals surface area contributed by atoms with Crippen LogP contribution in [-0.4, -0.2) is 15.1 Å². The van der Waals surface area contributed by atoms with Crippen molar-refractivity contribution in [1.82, 2.24) is 9.97 Å². The van der Waals surface area contributed by atoms with Crippen molar-refractivity contribution in [2.75, 3.05) is 10.6 Å². The van der Waals surface area contributed by atoms with Gasteiger partial charge >= 0.3 is 0 Å². The highest BCUT2D eigenvalue weighted by molar-refractivity contribution is 6.34. The summed E-state index contributed by atoms with van der Waals surface area (Å²) in [6.07, 6.45) is 1.55. The van der Waals surface area contributed by atoms with E-state index < -0.39 is 10.9 Å². The first-order chi connectivity index (χ1) is 12.9. The molecule has 1 heterocycles. The molecule has 0 amide bonds. The third-order valence-corrected chi connectivity index (χ3v) is 4.72. The number of imidazole rings is 1. The summed E-state index contributed by atoms with van der Waals surface area (Å²) >= 11 is 6.26. The van der Waals surface area contributed by atoms with Gasteiger partial charge in [0.1, 0.15) is 17.1 Å². The van der Waals surface area contributed by atoms with Crippen LogP contribution < -0.4 is 21.5 Å². The molecule has 4 rings (SSSR count). The molecule has 4 N–H and O–H groups in total. The molecule has 0 fully saturated rings. The molecule has 27 heavy (non-hydrogen) atoms. The number of phenolic OH excluding ortho intramolecular Hbond substituents is 1. The monoisotopic (exact) mass is 382 g/mol. The minimum absolute atomic E-state index is 0.128. The minimum atomic E-state index is -0.612. The molecule has 0 saturated heterocycles. The van der Waals surface area contributed by atoms with Gasteiger partial charge in [-0.05, 0) is 36.8 Å². The molecule has 1 atom stereocenters. The number of aromatic hydroxyl groups is 1. The third-order valence-electron chi connectivity index (χ3n) is 4.41. The number of benzene rings is 2. The van der Waals surface area contributed by atoms with Crippen molar-refractivity contribution < 1.29 is 5.11 Å². The fourth-order valence-corrected chi connectivity index (χ4v) is 3.14. The van der Waals surface area contributed by atoms with Gasteiger partial charge in [0.25, 0.3) is 10.9 Å². The first kappa shape index (κ1) is 17.1. The number of rotatable bonds is 5. The molecule has 0 radical (unpaired) electrons. The van der Waals surface area contributed by atoms with Crippen LogP contribution in [0.4, 0.5) is 17.1 Å². The van der Waals surface area contributed by atoms with Crippen molar-refractivity contribution in [2.45, 2.75) is 13.0 Å². The Balaban J connectivity index is 1.63. The maximum absolute atomic E-state index is 12.1. The van der Waals surface area contributed by atoms with Crippen molar-refractivity contribution in [3.8, 4) is 5.75 Å². The minimum Gasteiger partial charge on any atom is -0.508 e. The van der Waals surface area contributed by atoms with Gasteiger partial charge in [-0.25, -0.2) is 4.98 Å². The zero-order valence-electron chi connectivity index (χ0n) is 14.2. The molecule has 0 aliphatic heterocycles. The molecule has 8 heteroatoms. The highest BCUT2D eigenvalue weighted by Crippen LogP contribution is 2.31. The van der Waals surface area contributed by atoms with E-state index in [1.165, 1.54) is 0 Å². The number of phenols is 1. The van der Waals surface area contributed by atoms with Crippen molar-refractivity contribution in [3.05, 3.63) is 73.8 Å². The van der Waals surface area contributed by atoms with Crippen LogP contribution in [0.5, 0.6) is 5.75 Å². The lowest BCUT2D eigenvalue weighted by Crippen LogP contribution is -2.37. The number of nitrogens with zero attached hydrogens (tertiary/aromatic N) is 1. The Morgan fingerprint density at radius 2 is 1.93 bits per heavy atom. The van der Waals surface area contributed by atoms with Crippen LogP contribution in [-0.2, 0) is 0 Å². The molecular weight excluding hydrogens is 368 g/mol. The maximum atomic E-state index is 12.1. The highest BCUT2D eigenvalue weighted by Gasteiger charge is 2.23. The fourth-order valence-electron chi connectivity index (χ4n) is 2.93. The standard InChI is InChI=1S/C19H15ClN4O3/c1-9(10-3-2-4-11(25)5-10)23-16-17(19(27)18(16)26)24-13-7-15-14(6-12(13)20)21-8-22-15/h2-9,23-25H,1H3,(H,21,22)/t9-/m0/s1. The maximum Gasteiger partial charge on any atom is 0.253 e. The molecule has 0 unspecified atom stereocenters. The van der Waals surface area contributed by atoms with Crippen molar-refractivity contribution in [3.63, 3.8) is 0 Å². The quantitative estimate of drug-likeness (QED) is 0.394. The topological polar surface area (TPSA) is 107 Å². The van der Waals surface area contributed by atoms with Crippen LogP contribution in [0.2, 0.25) is 5.02 Å². The van der Waals surface area contributed by atoms with Gasteiger partial charge in [0.15, 0.2) is 0 Å². The number of halogens is 1. The molecule has 0 spiro atoms. The lowest BCUT2D eigenvalue weighted by Gasteiger charge is -2.20. The summed E-state index contributed by atoms with van der Waals surface area (Å²) < 4.78 is 0. The van der Waals surface area contributed by atoms with Crippen LogP contribution in [0.3, 0.4) is 0 Å². The summed E-state index contributed by atoms with van der Waals surface area (Å²) in [7, 11) is 0. The number of aromatic amines is 1. The van der Waals surface area contributed by atoms with Crippen LogP contribution in [0, 0.1) is 0 Å². The second kappa shape index (κ2) is 6.44. The number of anilines is 3. The highest BCUT2D eigenvalue weighted by atomic mass is 35.5. The van der Waals surface area contributed by atoms with Crippen LogP contribution in [0.25, 0.3) is 11.0 Å². The van der Waals surface area contributed by atoms with Gasteiger partial charge in [-0.2, -0.15) is 0 Å². The molecule has 0 aliphatic rings. The van der Waals surface area contributed by atoms with E-state index in [-0.39, 0.29) is 23.2 Å². The lowest BCUT2D eigenvalue weighted by atomic mass is 10.1. The van der Waals surface area contributed by atoms with Gasteiger partial charge < -0.3 is 20.7 Å². The Bertz CT molecular complexity index is 1220. The average Bonchev–Trinajstić information content (AvgIpc) is 3.11. The van der Waals surface area contributed by atoms with E-state index in [0.717, 1.165) is 11.1 Å². The Morgan fingerprint density at radius 3 is 2.70 bits per heavy atom. The van der Waals surface area contributed by atoms with Gasteiger partial charge in [-0.15, -0.1) is 0 Å². The molecule has 1 aromatic heterocycles. The normalized spacial score (nSPS) is 12.4. The second-order valence-corrected chi connectivity index (χ2v) is 6.65. The first-order valence-corrected chi connectivity index (χ1v) is 8.60. The predicted octanol–water partition coefficient (Wildman–Crippen LogP) is 3.43. The number of hydrogen-bond acceptors (Lipinski definition) is 6. The molecular formula is C19H15ClN4O3. The fraction of sp³-hybridized carbons (Fsp3) is 0.105. The summed E-state index contributed by atoms with van der Waals surface area (Å²) in [5.74, 6) is 0.128. The van der Waals surface area contributed by atoms with Crippen LogP contribution in [0.15, 0.2) is 52.3 Å². The number of aromatic nitrogens is 2. The summed E-state index contributed by atoms with van der Waals surface area (Å²) in [5, 5.41) is 16.0. The van der Waals surface area contributed by atoms with E-state index in [2.05, 4.69) is 20.6 Å². The summed E-state index contributed by atoms with van der Waals surface area (Å²) in [6.45, 7) is 1.83. The average molecular weight is 383 g/mol.